The van der Waals surface area contributed by atoms with Gasteiger partial charge in [-0.2, -0.15) is 5.10 Å². The van der Waals surface area contributed by atoms with Crippen LogP contribution in [0.5, 0.6) is 0 Å². The molecule has 21 heavy (non-hydrogen) atoms. The van der Waals surface area contributed by atoms with Crippen LogP contribution in [0.4, 0.5) is 0 Å². The molecule has 1 aromatic carbocycles. The quantitative estimate of drug-likeness (QED) is 0.758. The number of nitrogens with one attached hydrogen (secondary N) is 1. The summed E-state index contributed by atoms with van der Waals surface area (Å²) in [5.41, 5.74) is 0.830. The van der Waals surface area contributed by atoms with Crippen LogP contribution < -0.4 is 5.32 Å². The van der Waals surface area contributed by atoms with Crippen molar-refractivity contribution in [2.45, 2.75) is 13.0 Å². The van der Waals surface area contributed by atoms with Crippen molar-refractivity contribution in [3.8, 4) is 0 Å². The van der Waals surface area contributed by atoms with Gasteiger partial charge in [-0.05, 0) is 17.7 Å². The van der Waals surface area contributed by atoms with E-state index in [1.807, 2.05) is 30.5 Å². The van der Waals surface area contributed by atoms with E-state index in [1.54, 1.807) is 16.9 Å². The lowest BCUT2D eigenvalue weighted by Crippen LogP contribution is -2.29. The Balaban J connectivity index is 1.56. The third-order valence-corrected chi connectivity index (χ3v) is 3.27. The summed E-state index contributed by atoms with van der Waals surface area (Å²) in [6.07, 6.45) is 3.90. The van der Waals surface area contributed by atoms with Gasteiger partial charge in [-0.15, -0.1) is 0 Å². The Kier molecular flexibility index (Phi) is 6.24. The van der Waals surface area contributed by atoms with Crippen LogP contribution in [0.15, 0.2) is 42.7 Å². The fraction of sp³-hybridized carbons (Fsp3) is 0.333. The third-order valence-electron chi connectivity index (χ3n) is 2.90. The molecule has 0 bridgehead atoms. The lowest BCUT2D eigenvalue weighted by molar-refractivity contribution is -0.120. The minimum Gasteiger partial charge on any atom is -0.378 e. The van der Waals surface area contributed by atoms with Crippen LogP contribution in [0.2, 0.25) is 5.02 Å². The SMILES string of the molecule is O=C(Cc1ccccc1Cl)NCCOCCn1cccn1. The molecule has 2 rings (SSSR count). The summed E-state index contributed by atoms with van der Waals surface area (Å²) in [4.78, 5) is 11.7. The second kappa shape index (κ2) is 8.44. The number of rotatable bonds is 8. The van der Waals surface area contributed by atoms with Gasteiger partial charge in [-0.25, -0.2) is 0 Å². The highest BCUT2D eigenvalue weighted by Crippen LogP contribution is 2.14. The summed E-state index contributed by atoms with van der Waals surface area (Å²) in [6, 6.07) is 9.21. The molecule has 6 heteroatoms. The van der Waals surface area contributed by atoms with Crippen molar-refractivity contribution in [1.29, 1.82) is 0 Å². The molecule has 0 atom stereocenters. The first-order valence-corrected chi connectivity index (χ1v) is 7.19. The third kappa shape index (κ3) is 5.57. The predicted molar refractivity (Wildman–Crippen MR) is 81.2 cm³/mol. The highest BCUT2D eigenvalue weighted by atomic mass is 35.5. The number of nitrogens with zero attached hydrogens (tertiary/aromatic N) is 2. The first-order valence-electron chi connectivity index (χ1n) is 6.81. The van der Waals surface area contributed by atoms with Crippen LogP contribution >= 0.6 is 11.6 Å². The number of halogens is 1. The van der Waals surface area contributed by atoms with Crippen LogP contribution in [-0.2, 0) is 22.5 Å². The Hall–Kier alpha value is -1.85. The van der Waals surface area contributed by atoms with E-state index in [1.165, 1.54) is 0 Å². The van der Waals surface area contributed by atoms with Crippen molar-refractivity contribution in [3.63, 3.8) is 0 Å². The van der Waals surface area contributed by atoms with Gasteiger partial charge in [-0.3, -0.25) is 9.48 Å². The summed E-state index contributed by atoms with van der Waals surface area (Å²) < 4.78 is 7.23. The van der Waals surface area contributed by atoms with Gasteiger partial charge in [0.15, 0.2) is 0 Å². The largest absolute Gasteiger partial charge is 0.378 e. The van der Waals surface area contributed by atoms with E-state index in [0.29, 0.717) is 31.3 Å². The summed E-state index contributed by atoms with van der Waals surface area (Å²) in [7, 11) is 0. The smallest absolute Gasteiger partial charge is 0.224 e. The van der Waals surface area contributed by atoms with E-state index in [-0.39, 0.29) is 12.3 Å². The van der Waals surface area contributed by atoms with Gasteiger partial charge in [0.1, 0.15) is 0 Å². The van der Waals surface area contributed by atoms with Crippen molar-refractivity contribution in [3.05, 3.63) is 53.3 Å². The van der Waals surface area contributed by atoms with Crippen molar-refractivity contribution in [2.24, 2.45) is 0 Å². The average Bonchev–Trinajstić information content (AvgIpc) is 2.98. The lowest BCUT2D eigenvalue weighted by Gasteiger charge is -2.07. The number of ether oxygens (including phenoxy) is 1. The Morgan fingerprint density at radius 3 is 2.90 bits per heavy atom. The molecule has 0 fully saturated rings. The number of carbonyl (C=O) groups is 1. The van der Waals surface area contributed by atoms with Crippen LogP contribution in [0.3, 0.4) is 0 Å². The molecule has 0 aliphatic rings. The van der Waals surface area contributed by atoms with Gasteiger partial charge in [0, 0.05) is 24.0 Å². The maximum Gasteiger partial charge on any atom is 0.224 e. The molecule has 0 radical (unpaired) electrons. The van der Waals surface area contributed by atoms with E-state index in [2.05, 4.69) is 10.4 Å². The molecule has 0 unspecified atom stereocenters. The fourth-order valence-corrected chi connectivity index (χ4v) is 2.04. The summed E-state index contributed by atoms with van der Waals surface area (Å²) in [5.74, 6) is -0.0567. The molecule has 1 heterocycles. The number of amides is 1. The number of hydrogen-bond donors (Lipinski definition) is 1. The molecular weight excluding hydrogens is 290 g/mol. The Morgan fingerprint density at radius 1 is 1.29 bits per heavy atom. The number of hydrogen-bond acceptors (Lipinski definition) is 3. The maximum absolute atomic E-state index is 11.7. The monoisotopic (exact) mass is 307 g/mol. The molecule has 0 saturated heterocycles. The van der Waals surface area contributed by atoms with Crippen LogP contribution in [0.25, 0.3) is 0 Å². The number of aromatic nitrogens is 2. The zero-order chi connectivity index (χ0) is 14.9. The molecule has 2 aromatic rings. The molecule has 0 aliphatic carbocycles. The van der Waals surface area contributed by atoms with Crippen molar-refractivity contribution < 1.29 is 9.53 Å². The summed E-state index contributed by atoms with van der Waals surface area (Å²) in [5, 5.41) is 7.49. The Morgan fingerprint density at radius 2 is 2.14 bits per heavy atom. The number of carbonyl (C=O) groups excluding carboxylic acids is 1. The molecule has 1 aromatic heterocycles. The first-order chi connectivity index (χ1) is 10.3. The average molecular weight is 308 g/mol. The molecule has 1 N–H and O–H groups in total. The van der Waals surface area contributed by atoms with Crippen LogP contribution in [-0.4, -0.2) is 35.4 Å². The van der Waals surface area contributed by atoms with E-state index in [4.69, 9.17) is 16.3 Å². The van der Waals surface area contributed by atoms with E-state index in [9.17, 15) is 4.79 Å². The van der Waals surface area contributed by atoms with E-state index in [0.717, 1.165) is 5.56 Å². The second-order valence-corrected chi connectivity index (χ2v) is 4.91. The normalized spacial score (nSPS) is 10.5. The van der Waals surface area contributed by atoms with E-state index < -0.39 is 0 Å². The molecule has 1 amide bonds. The van der Waals surface area contributed by atoms with Gasteiger partial charge in [0.05, 0.1) is 26.2 Å². The fourth-order valence-electron chi connectivity index (χ4n) is 1.83. The van der Waals surface area contributed by atoms with Crippen molar-refractivity contribution in [2.75, 3.05) is 19.8 Å². The Bertz CT molecular complexity index is 558. The minimum absolute atomic E-state index is 0.0567. The summed E-state index contributed by atoms with van der Waals surface area (Å²) in [6.45, 7) is 2.25. The molecule has 0 spiro atoms. The maximum atomic E-state index is 11.7. The predicted octanol–water partition coefficient (Wildman–Crippen LogP) is 1.91. The van der Waals surface area contributed by atoms with Gasteiger partial charge >= 0.3 is 0 Å². The van der Waals surface area contributed by atoms with Gasteiger partial charge in [0.2, 0.25) is 5.91 Å². The standard InChI is InChI=1S/C15H18ClN3O2/c16-14-5-2-1-4-13(14)12-15(20)17-7-10-21-11-9-19-8-3-6-18-19/h1-6,8H,7,9-12H2,(H,17,20). The molecule has 0 aliphatic heterocycles. The molecule has 5 nitrogen and oxygen atoms in total. The second-order valence-electron chi connectivity index (χ2n) is 4.50. The molecule has 112 valence electrons. The Labute approximate surface area is 128 Å². The lowest BCUT2D eigenvalue weighted by atomic mass is 10.1. The van der Waals surface area contributed by atoms with Crippen molar-refractivity contribution in [1.82, 2.24) is 15.1 Å². The summed E-state index contributed by atoms with van der Waals surface area (Å²) >= 11 is 6.01. The van der Waals surface area contributed by atoms with Crippen molar-refractivity contribution >= 4 is 17.5 Å². The molecular formula is C15H18ClN3O2. The molecule has 0 saturated carbocycles. The minimum atomic E-state index is -0.0567. The topological polar surface area (TPSA) is 56.1 Å². The first kappa shape index (κ1) is 15.5. The van der Waals surface area contributed by atoms with Gasteiger partial charge < -0.3 is 10.1 Å². The van der Waals surface area contributed by atoms with Gasteiger partial charge in [-0.1, -0.05) is 29.8 Å². The highest BCUT2D eigenvalue weighted by Gasteiger charge is 2.05. The zero-order valence-electron chi connectivity index (χ0n) is 11.7. The van der Waals surface area contributed by atoms with Crippen LogP contribution in [0, 0.1) is 0 Å². The van der Waals surface area contributed by atoms with E-state index >= 15 is 0 Å². The number of benzene rings is 1. The highest BCUT2D eigenvalue weighted by molar-refractivity contribution is 6.31. The zero-order valence-corrected chi connectivity index (χ0v) is 12.4. The van der Waals surface area contributed by atoms with Crippen LogP contribution in [0.1, 0.15) is 5.56 Å². The van der Waals surface area contributed by atoms with Gasteiger partial charge in [0.25, 0.3) is 0 Å².